The number of hydrogen-bond acceptors (Lipinski definition) is 4. The number of ether oxygens (including phenoxy) is 1. The van der Waals surface area contributed by atoms with Gasteiger partial charge in [0.2, 0.25) is 0 Å². The van der Waals surface area contributed by atoms with Crippen molar-refractivity contribution < 1.29 is 14.5 Å². The van der Waals surface area contributed by atoms with Crippen LogP contribution in [-0.4, -0.2) is 18.0 Å². The minimum atomic E-state index is -0.468. The second-order valence-electron chi connectivity index (χ2n) is 3.72. The van der Waals surface area contributed by atoms with Crippen LogP contribution in [0.15, 0.2) is 24.3 Å². The molecule has 0 aliphatic rings. The molecule has 0 fully saturated rings. The van der Waals surface area contributed by atoms with E-state index >= 15 is 0 Å². The van der Waals surface area contributed by atoms with Crippen LogP contribution < -0.4 is 0 Å². The average molecular weight is 237 g/mol. The molecule has 0 heterocycles. The van der Waals surface area contributed by atoms with Crippen molar-refractivity contribution in [3.8, 4) is 0 Å². The van der Waals surface area contributed by atoms with E-state index in [0.717, 1.165) is 6.42 Å². The number of methoxy groups -OCH3 is 1. The summed E-state index contributed by atoms with van der Waals surface area (Å²) in [5.74, 6) is -0.780. The Morgan fingerprint density at radius 1 is 1.53 bits per heavy atom. The minimum absolute atomic E-state index is 0.00694. The molecule has 0 N–H and O–H groups in total. The Morgan fingerprint density at radius 3 is 2.76 bits per heavy atom. The van der Waals surface area contributed by atoms with Crippen LogP contribution in [0.25, 0.3) is 0 Å². The summed E-state index contributed by atoms with van der Waals surface area (Å²) < 4.78 is 4.71. The standard InChI is InChI=1S/C12H15NO4/c1-3-5-11(12(14)17-2)9-6-4-7-10(8-9)13(15)16/h4,6-8,11H,3,5H2,1-2H3. The summed E-state index contributed by atoms with van der Waals surface area (Å²) >= 11 is 0. The molecular formula is C12H15NO4. The lowest BCUT2D eigenvalue weighted by molar-refractivity contribution is -0.384. The molecule has 17 heavy (non-hydrogen) atoms. The third-order valence-corrected chi connectivity index (χ3v) is 2.55. The molecule has 0 spiro atoms. The Bertz CT molecular complexity index is 417. The SMILES string of the molecule is CCCC(C(=O)OC)c1cccc([N+](=O)[O-])c1. The van der Waals surface area contributed by atoms with Crippen LogP contribution in [0, 0.1) is 10.1 Å². The van der Waals surface area contributed by atoms with Crippen LogP contribution in [0.2, 0.25) is 0 Å². The summed E-state index contributed by atoms with van der Waals surface area (Å²) in [6.45, 7) is 1.95. The molecule has 1 aromatic carbocycles. The Labute approximate surface area is 99.5 Å². The van der Waals surface area contributed by atoms with E-state index < -0.39 is 10.8 Å². The van der Waals surface area contributed by atoms with Gasteiger partial charge in [-0.25, -0.2) is 0 Å². The highest BCUT2D eigenvalue weighted by Gasteiger charge is 2.22. The number of rotatable bonds is 5. The molecule has 0 saturated carbocycles. The summed E-state index contributed by atoms with van der Waals surface area (Å²) in [7, 11) is 1.32. The van der Waals surface area contributed by atoms with E-state index in [-0.39, 0.29) is 11.7 Å². The highest BCUT2D eigenvalue weighted by atomic mass is 16.6. The third-order valence-electron chi connectivity index (χ3n) is 2.55. The van der Waals surface area contributed by atoms with Gasteiger partial charge in [-0.15, -0.1) is 0 Å². The van der Waals surface area contributed by atoms with E-state index in [1.54, 1.807) is 12.1 Å². The van der Waals surface area contributed by atoms with Gasteiger partial charge in [0.25, 0.3) is 5.69 Å². The highest BCUT2D eigenvalue weighted by Crippen LogP contribution is 2.25. The fourth-order valence-corrected chi connectivity index (χ4v) is 1.71. The Kier molecular flexibility index (Phi) is 4.63. The summed E-state index contributed by atoms with van der Waals surface area (Å²) in [5, 5.41) is 10.7. The molecular weight excluding hydrogens is 222 g/mol. The Hall–Kier alpha value is -1.91. The van der Waals surface area contributed by atoms with Gasteiger partial charge < -0.3 is 4.74 Å². The first-order chi connectivity index (χ1) is 8.10. The average Bonchev–Trinajstić information content (AvgIpc) is 2.35. The number of nitrogens with zero attached hydrogens (tertiary/aromatic N) is 1. The van der Waals surface area contributed by atoms with Crippen molar-refractivity contribution in [3.05, 3.63) is 39.9 Å². The number of nitro groups is 1. The van der Waals surface area contributed by atoms with Crippen LogP contribution in [0.4, 0.5) is 5.69 Å². The number of hydrogen-bond donors (Lipinski definition) is 0. The van der Waals surface area contributed by atoms with Gasteiger partial charge in [-0.05, 0) is 12.0 Å². The van der Waals surface area contributed by atoms with E-state index in [2.05, 4.69) is 0 Å². The van der Waals surface area contributed by atoms with Crippen LogP contribution >= 0.6 is 0 Å². The molecule has 1 atom stereocenters. The zero-order chi connectivity index (χ0) is 12.8. The number of benzene rings is 1. The van der Waals surface area contributed by atoms with Crippen molar-refractivity contribution in [1.82, 2.24) is 0 Å². The van der Waals surface area contributed by atoms with Crippen molar-refractivity contribution in [2.45, 2.75) is 25.7 Å². The zero-order valence-corrected chi connectivity index (χ0v) is 9.88. The summed E-state index contributed by atoms with van der Waals surface area (Å²) in [6, 6.07) is 6.13. The predicted octanol–water partition coefficient (Wildman–Crippen LogP) is 2.65. The first-order valence-corrected chi connectivity index (χ1v) is 5.42. The maximum atomic E-state index is 11.6. The number of nitro benzene ring substituents is 1. The molecule has 5 heteroatoms. The molecule has 0 aliphatic carbocycles. The Morgan fingerprint density at radius 2 is 2.24 bits per heavy atom. The molecule has 1 aromatic rings. The highest BCUT2D eigenvalue weighted by molar-refractivity contribution is 5.78. The number of non-ortho nitro benzene ring substituents is 1. The molecule has 0 radical (unpaired) electrons. The lowest BCUT2D eigenvalue weighted by Gasteiger charge is -2.13. The quantitative estimate of drug-likeness (QED) is 0.448. The number of esters is 1. The maximum Gasteiger partial charge on any atom is 0.313 e. The van der Waals surface area contributed by atoms with Gasteiger partial charge in [0, 0.05) is 12.1 Å². The Balaban J connectivity index is 3.05. The van der Waals surface area contributed by atoms with Crippen LogP contribution in [0.5, 0.6) is 0 Å². The smallest absolute Gasteiger partial charge is 0.313 e. The van der Waals surface area contributed by atoms with Gasteiger partial charge >= 0.3 is 5.97 Å². The first-order valence-electron chi connectivity index (χ1n) is 5.42. The van der Waals surface area contributed by atoms with E-state index in [1.165, 1.54) is 19.2 Å². The predicted molar refractivity (Wildman–Crippen MR) is 62.8 cm³/mol. The molecule has 0 saturated heterocycles. The fraction of sp³-hybridized carbons (Fsp3) is 0.417. The van der Waals surface area contributed by atoms with Gasteiger partial charge in [-0.1, -0.05) is 25.5 Å². The molecule has 1 rings (SSSR count). The van der Waals surface area contributed by atoms with Gasteiger partial charge in [0.1, 0.15) is 0 Å². The minimum Gasteiger partial charge on any atom is -0.469 e. The fourth-order valence-electron chi connectivity index (χ4n) is 1.71. The van der Waals surface area contributed by atoms with Crippen molar-refractivity contribution in [1.29, 1.82) is 0 Å². The lowest BCUT2D eigenvalue weighted by atomic mass is 9.94. The molecule has 0 aromatic heterocycles. The summed E-state index contributed by atoms with van der Waals surface area (Å²) in [6.07, 6.45) is 1.43. The van der Waals surface area contributed by atoms with Crippen LogP contribution in [-0.2, 0) is 9.53 Å². The summed E-state index contributed by atoms with van der Waals surface area (Å²) in [5.41, 5.74) is 0.625. The van der Waals surface area contributed by atoms with E-state index in [1.807, 2.05) is 6.92 Å². The topological polar surface area (TPSA) is 69.4 Å². The molecule has 0 amide bonds. The molecule has 0 aliphatic heterocycles. The first kappa shape index (κ1) is 13.2. The van der Waals surface area contributed by atoms with Crippen molar-refractivity contribution in [2.24, 2.45) is 0 Å². The van der Waals surface area contributed by atoms with Crippen LogP contribution in [0.3, 0.4) is 0 Å². The molecule has 92 valence electrons. The summed E-state index contributed by atoms with van der Waals surface area (Å²) in [4.78, 5) is 21.8. The van der Waals surface area contributed by atoms with E-state index in [9.17, 15) is 14.9 Å². The maximum absolute atomic E-state index is 11.6. The second kappa shape index (κ2) is 5.98. The third kappa shape index (κ3) is 3.27. The van der Waals surface area contributed by atoms with E-state index in [0.29, 0.717) is 12.0 Å². The second-order valence-corrected chi connectivity index (χ2v) is 3.72. The molecule has 5 nitrogen and oxygen atoms in total. The van der Waals surface area contributed by atoms with Crippen molar-refractivity contribution >= 4 is 11.7 Å². The van der Waals surface area contributed by atoms with Gasteiger partial charge in [-0.3, -0.25) is 14.9 Å². The number of carbonyl (C=O) groups excluding carboxylic acids is 1. The van der Waals surface area contributed by atoms with Crippen LogP contribution in [0.1, 0.15) is 31.2 Å². The van der Waals surface area contributed by atoms with Gasteiger partial charge in [0.05, 0.1) is 18.0 Å². The molecule has 0 bridgehead atoms. The lowest BCUT2D eigenvalue weighted by Crippen LogP contribution is -2.14. The number of carbonyl (C=O) groups is 1. The normalized spacial score (nSPS) is 11.9. The monoisotopic (exact) mass is 237 g/mol. The molecule has 1 unspecified atom stereocenters. The van der Waals surface area contributed by atoms with Crippen molar-refractivity contribution in [3.63, 3.8) is 0 Å². The zero-order valence-electron chi connectivity index (χ0n) is 9.88. The largest absolute Gasteiger partial charge is 0.469 e. The van der Waals surface area contributed by atoms with Crippen molar-refractivity contribution in [2.75, 3.05) is 7.11 Å². The van der Waals surface area contributed by atoms with Gasteiger partial charge in [0.15, 0.2) is 0 Å². The van der Waals surface area contributed by atoms with Gasteiger partial charge in [-0.2, -0.15) is 0 Å². The van der Waals surface area contributed by atoms with E-state index in [4.69, 9.17) is 4.74 Å².